The second-order valence-electron chi connectivity index (χ2n) is 3.77. The molecule has 0 aliphatic rings. The maximum absolute atomic E-state index is 10.7. The van der Waals surface area contributed by atoms with E-state index in [2.05, 4.69) is 0 Å². The summed E-state index contributed by atoms with van der Waals surface area (Å²) in [7, 11) is 1.53. The van der Waals surface area contributed by atoms with Crippen molar-refractivity contribution in [3.8, 4) is 11.5 Å². The van der Waals surface area contributed by atoms with Gasteiger partial charge in [0.25, 0.3) is 0 Å². The van der Waals surface area contributed by atoms with Crippen molar-refractivity contribution in [1.29, 1.82) is 0 Å². The molecule has 0 heterocycles. The van der Waals surface area contributed by atoms with Gasteiger partial charge in [-0.1, -0.05) is 11.8 Å². The van der Waals surface area contributed by atoms with Crippen molar-refractivity contribution in [3.05, 3.63) is 48.0 Å². The van der Waals surface area contributed by atoms with E-state index in [0.29, 0.717) is 10.6 Å². The Labute approximate surface area is 114 Å². The molecule has 0 atom stereocenters. The van der Waals surface area contributed by atoms with Crippen LogP contribution >= 0.6 is 11.8 Å². The number of hydrogen-bond donors (Lipinski definition) is 2. The van der Waals surface area contributed by atoms with Crippen molar-refractivity contribution < 1.29 is 19.7 Å². The summed E-state index contributed by atoms with van der Waals surface area (Å²) in [4.78, 5) is 12.3. The molecule has 2 aromatic rings. The summed E-state index contributed by atoms with van der Waals surface area (Å²) >= 11 is 1.36. The van der Waals surface area contributed by atoms with Gasteiger partial charge in [0, 0.05) is 11.0 Å². The van der Waals surface area contributed by atoms with E-state index in [4.69, 9.17) is 9.84 Å². The fraction of sp³-hybridized carbons (Fsp3) is 0.0714. The molecule has 0 aliphatic carbocycles. The van der Waals surface area contributed by atoms with Gasteiger partial charge in [-0.15, -0.1) is 0 Å². The van der Waals surface area contributed by atoms with E-state index in [1.807, 2.05) is 0 Å². The predicted molar refractivity (Wildman–Crippen MR) is 72.2 cm³/mol. The Kier molecular flexibility index (Phi) is 3.97. The highest BCUT2D eigenvalue weighted by molar-refractivity contribution is 7.99. The predicted octanol–water partition coefficient (Wildman–Crippen LogP) is 3.25. The largest absolute Gasteiger partial charge is 0.507 e. The molecule has 4 nitrogen and oxygen atoms in total. The third-order valence-corrected chi connectivity index (χ3v) is 3.57. The molecule has 0 amide bonds. The van der Waals surface area contributed by atoms with Gasteiger partial charge in [-0.05, 0) is 36.4 Å². The standard InChI is InChI=1S/C14H12O4S/c1-18-10-4-7-13(12(15)8-10)19-11-5-2-9(3-6-11)14(16)17/h2-8,15H,1H3,(H,16,17). The zero-order valence-corrected chi connectivity index (χ0v) is 11.0. The minimum Gasteiger partial charge on any atom is -0.507 e. The van der Waals surface area contributed by atoms with Crippen LogP contribution in [0.4, 0.5) is 0 Å². The molecule has 0 saturated carbocycles. The van der Waals surface area contributed by atoms with Crippen LogP contribution in [0.2, 0.25) is 0 Å². The molecule has 0 aromatic heterocycles. The fourth-order valence-corrected chi connectivity index (χ4v) is 2.33. The summed E-state index contributed by atoms with van der Waals surface area (Å²) in [5, 5.41) is 18.6. The number of phenolic OH excluding ortho intramolecular Hbond substituents is 1. The van der Waals surface area contributed by atoms with Crippen molar-refractivity contribution in [2.24, 2.45) is 0 Å². The number of carboxylic acids is 1. The number of carbonyl (C=O) groups is 1. The molecule has 0 saturated heterocycles. The monoisotopic (exact) mass is 276 g/mol. The topological polar surface area (TPSA) is 66.8 Å². The molecule has 2 rings (SSSR count). The molecule has 0 fully saturated rings. The number of rotatable bonds is 4. The van der Waals surface area contributed by atoms with Crippen molar-refractivity contribution in [3.63, 3.8) is 0 Å². The number of carboxylic acid groups (broad SMARTS) is 1. The number of ether oxygens (including phenoxy) is 1. The van der Waals surface area contributed by atoms with E-state index in [-0.39, 0.29) is 11.3 Å². The normalized spacial score (nSPS) is 10.2. The van der Waals surface area contributed by atoms with E-state index < -0.39 is 5.97 Å². The van der Waals surface area contributed by atoms with Crippen LogP contribution in [0.5, 0.6) is 11.5 Å². The Balaban J connectivity index is 2.19. The second-order valence-corrected chi connectivity index (χ2v) is 4.88. The van der Waals surface area contributed by atoms with Crippen LogP contribution in [0.25, 0.3) is 0 Å². The van der Waals surface area contributed by atoms with Crippen LogP contribution in [-0.2, 0) is 0 Å². The van der Waals surface area contributed by atoms with E-state index in [9.17, 15) is 9.90 Å². The Morgan fingerprint density at radius 3 is 2.37 bits per heavy atom. The number of methoxy groups -OCH3 is 1. The van der Waals surface area contributed by atoms with Crippen molar-refractivity contribution >= 4 is 17.7 Å². The number of aromatic hydroxyl groups is 1. The summed E-state index contributed by atoms with van der Waals surface area (Å²) in [6, 6.07) is 11.5. The third-order valence-electron chi connectivity index (χ3n) is 2.50. The highest BCUT2D eigenvalue weighted by Gasteiger charge is 2.06. The van der Waals surface area contributed by atoms with Crippen LogP contribution in [0.3, 0.4) is 0 Å². The van der Waals surface area contributed by atoms with Gasteiger partial charge >= 0.3 is 5.97 Å². The lowest BCUT2D eigenvalue weighted by Crippen LogP contribution is -1.94. The lowest BCUT2D eigenvalue weighted by Gasteiger charge is -2.06. The Bertz CT molecular complexity index is 593. The highest BCUT2D eigenvalue weighted by Crippen LogP contribution is 2.36. The van der Waals surface area contributed by atoms with E-state index in [0.717, 1.165) is 4.90 Å². The summed E-state index contributed by atoms with van der Waals surface area (Å²) in [6.45, 7) is 0. The van der Waals surface area contributed by atoms with Crippen molar-refractivity contribution in [2.45, 2.75) is 9.79 Å². The zero-order chi connectivity index (χ0) is 13.8. The Hall–Kier alpha value is -2.14. The molecular formula is C14H12O4S. The Morgan fingerprint density at radius 1 is 1.16 bits per heavy atom. The van der Waals surface area contributed by atoms with E-state index in [1.54, 1.807) is 24.3 Å². The molecule has 0 spiro atoms. The highest BCUT2D eigenvalue weighted by atomic mass is 32.2. The first-order chi connectivity index (χ1) is 9.10. The molecule has 98 valence electrons. The lowest BCUT2D eigenvalue weighted by atomic mass is 10.2. The van der Waals surface area contributed by atoms with Gasteiger partial charge in [0.2, 0.25) is 0 Å². The van der Waals surface area contributed by atoms with E-state index in [1.165, 1.54) is 37.1 Å². The number of benzene rings is 2. The molecule has 2 N–H and O–H groups in total. The summed E-state index contributed by atoms with van der Waals surface area (Å²) in [5.41, 5.74) is 0.239. The van der Waals surface area contributed by atoms with Crippen LogP contribution < -0.4 is 4.74 Å². The molecule has 0 aliphatic heterocycles. The number of aromatic carboxylic acids is 1. The van der Waals surface area contributed by atoms with Gasteiger partial charge in [0.05, 0.1) is 17.6 Å². The van der Waals surface area contributed by atoms with Gasteiger partial charge in [-0.2, -0.15) is 0 Å². The fourth-order valence-electron chi connectivity index (χ4n) is 1.50. The molecule has 0 bridgehead atoms. The third kappa shape index (κ3) is 3.20. The van der Waals surface area contributed by atoms with Gasteiger partial charge in [0.15, 0.2) is 0 Å². The number of hydrogen-bond acceptors (Lipinski definition) is 4. The first-order valence-corrected chi connectivity index (χ1v) is 6.30. The van der Waals surface area contributed by atoms with Crippen LogP contribution in [0.1, 0.15) is 10.4 Å². The van der Waals surface area contributed by atoms with Crippen LogP contribution in [0, 0.1) is 0 Å². The van der Waals surface area contributed by atoms with Crippen molar-refractivity contribution in [1.82, 2.24) is 0 Å². The minimum absolute atomic E-state index is 0.131. The molecule has 0 unspecified atom stereocenters. The van der Waals surface area contributed by atoms with Crippen LogP contribution in [-0.4, -0.2) is 23.3 Å². The van der Waals surface area contributed by atoms with Crippen LogP contribution in [0.15, 0.2) is 52.3 Å². The lowest BCUT2D eigenvalue weighted by molar-refractivity contribution is 0.0697. The average molecular weight is 276 g/mol. The molecule has 5 heteroatoms. The van der Waals surface area contributed by atoms with Gasteiger partial charge in [-0.3, -0.25) is 0 Å². The summed E-state index contributed by atoms with van der Waals surface area (Å²) in [6.07, 6.45) is 0. The summed E-state index contributed by atoms with van der Waals surface area (Å²) < 4.78 is 5.01. The zero-order valence-electron chi connectivity index (χ0n) is 10.2. The van der Waals surface area contributed by atoms with E-state index >= 15 is 0 Å². The Morgan fingerprint density at radius 2 is 1.84 bits per heavy atom. The van der Waals surface area contributed by atoms with Gasteiger partial charge in [0.1, 0.15) is 11.5 Å². The number of phenols is 1. The quantitative estimate of drug-likeness (QED) is 0.897. The average Bonchev–Trinajstić information content (AvgIpc) is 2.41. The molecule has 2 aromatic carbocycles. The van der Waals surface area contributed by atoms with Crippen molar-refractivity contribution in [2.75, 3.05) is 7.11 Å². The maximum atomic E-state index is 10.7. The second kappa shape index (κ2) is 5.67. The first-order valence-electron chi connectivity index (χ1n) is 5.48. The molecule has 0 radical (unpaired) electrons. The molecular weight excluding hydrogens is 264 g/mol. The molecule has 19 heavy (non-hydrogen) atoms. The van der Waals surface area contributed by atoms with Gasteiger partial charge in [-0.25, -0.2) is 4.79 Å². The first kappa shape index (κ1) is 13.3. The smallest absolute Gasteiger partial charge is 0.335 e. The maximum Gasteiger partial charge on any atom is 0.335 e. The van der Waals surface area contributed by atoms with Gasteiger partial charge < -0.3 is 14.9 Å². The minimum atomic E-state index is -0.955. The summed E-state index contributed by atoms with van der Waals surface area (Å²) in [5.74, 6) is -0.237. The SMILES string of the molecule is COc1ccc(Sc2ccc(C(=O)O)cc2)c(O)c1.